The first-order chi connectivity index (χ1) is 15.4. The standard InChI is InChI=1S/C18H11N9O5/c28-17-15-13(14(20-21-17)10-2-1-3-12(8-10)27(31)32)16(25-18(19-15)22-23-24-25)9-4-6-11(7-5-9)26(29)30/h1-8,16H,(H,21,28)(H,19,22,24)/t16-/m0/s1. The summed E-state index contributed by atoms with van der Waals surface area (Å²) in [5, 5.41) is 43.2. The van der Waals surface area contributed by atoms with Gasteiger partial charge in [-0.3, -0.25) is 25.0 Å². The lowest BCUT2D eigenvalue weighted by Crippen LogP contribution is -2.29. The maximum absolute atomic E-state index is 12.6. The molecule has 0 fully saturated rings. The molecule has 32 heavy (non-hydrogen) atoms. The van der Waals surface area contributed by atoms with E-state index in [0.717, 1.165) is 0 Å². The van der Waals surface area contributed by atoms with Crippen molar-refractivity contribution >= 4 is 23.0 Å². The quantitative estimate of drug-likeness (QED) is 0.313. The molecule has 2 aromatic heterocycles. The smallest absolute Gasteiger partial charge is 0.288 e. The van der Waals surface area contributed by atoms with E-state index >= 15 is 0 Å². The van der Waals surface area contributed by atoms with Gasteiger partial charge in [-0.2, -0.15) is 9.78 Å². The Balaban J connectivity index is 1.77. The molecule has 0 saturated carbocycles. The molecule has 0 unspecified atom stereocenters. The van der Waals surface area contributed by atoms with Gasteiger partial charge in [0.05, 0.1) is 15.5 Å². The van der Waals surface area contributed by atoms with Crippen molar-refractivity contribution < 1.29 is 9.85 Å². The maximum Gasteiger partial charge on any atom is 0.288 e. The van der Waals surface area contributed by atoms with Crippen LogP contribution in [0.4, 0.5) is 23.0 Å². The number of nitrogens with zero attached hydrogens (tertiary/aromatic N) is 7. The van der Waals surface area contributed by atoms with E-state index in [9.17, 15) is 25.0 Å². The van der Waals surface area contributed by atoms with Gasteiger partial charge in [0.25, 0.3) is 16.9 Å². The molecule has 0 bridgehead atoms. The van der Waals surface area contributed by atoms with E-state index in [0.29, 0.717) is 16.7 Å². The molecule has 158 valence electrons. The van der Waals surface area contributed by atoms with Crippen LogP contribution in [0.25, 0.3) is 11.3 Å². The molecule has 14 heteroatoms. The zero-order chi connectivity index (χ0) is 22.4. The fourth-order valence-corrected chi connectivity index (χ4v) is 3.61. The third-order valence-electron chi connectivity index (χ3n) is 5.02. The first kappa shape index (κ1) is 19.0. The summed E-state index contributed by atoms with van der Waals surface area (Å²) in [6, 6.07) is 10.7. The Bertz CT molecular complexity index is 1440. The lowest BCUT2D eigenvalue weighted by Gasteiger charge is -2.27. The highest BCUT2D eigenvalue weighted by Gasteiger charge is 2.34. The molecule has 3 heterocycles. The van der Waals surface area contributed by atoms with Crippen molar-refractivity contribution in [2.75, 3.05) is 5.32 Å². The minimum absolute atomic E-state index is 0.109. The van der Waals surface area contributed by atoms with Crippen LogP contribution in [0.1, 0.15) is 17.2 Å². The number of non-ortho nitro benzene ring substituents is 2. The van der Waals surface area contributed by atoms with Crippen LogP contribution in [0.15, 0.2) is 53.3 Å². The zero-order valence-electron chi connectivity index (χ0n) is 15.9. The van der Waals surface area contributed by atoms with E-state index in [4.69, 9.17) is 0 Å². The molecule has 2 N–H and O–H groups in total. The van der Waals surface area contributed by atoms with Gasteiger partial charge in [-0.15, -0.1) is 0 Å². The zero-order valence-corrected chi connectivity index (χ0v) is 15.9. The van der Waals surface area contributed by atoms with Crippen LogP contribution in [0.2, 0.25) is 0 Å². The molecule has 0 saturated heterocycles. The van der Waals surface area contributed by atoms with Crippen LogP contribution in [0.5, 0.6) is 0 Å². The number of nitro groups is 2. The minimum atomic E-state index is -0.777. The fourth-order valence-electron chi connectivity index (χ4n) is 3.61. The lowest BCUT2D eigenvalue weighted by atomic mass is 9.92. The predicted molar refractivity (Wildman–Crippen MR) is 108 cm³/mol. The molecule has 4 aromatic rings. The number of hydrogen-bond acceptors (Lipinski definition) is 10. The number of rotatable bonds is 4. The average Bonchev–Trinajstić information content (AvgIpc) is 3.27. The van der Waals surface area contributed by atoms with Gasteiger partial charge in [0, 0.05) is 35.4 Å². The third-order valence-corrected chi connectivity index (χ3v) is 5.02. The van der Waals surface area contributed by atoms with Crippen molar-refractivity contribution in [3.63, 3.8) is 0 Å². The number of tetrazole rings is 1. The van der Waals surface area contributed by atoms with Crippen molar-refractivity contribution in [3.05, 3.63) is 90.2 Å². The summed E-state index contributed by atoms with van der Waals surface area (Å²) in [5.41, 5.74) is 0.874. The summed E-state index contributed by atoms with van der Waals surface area (Å²) in [7, 11) is 0. The van der Waals surface area contributed by atoms with Gasteiger partial charge in [-0.05, 0) is 28.1 Å². The van der Waals surface area contributed by atoms with E-state index in [-0.39, 0.29) is 28.7 Å². The van der Waals surface area contributed by atoms with E-state index in [1.54, 1.807) is 6.07 Å². The molecule has 2 aromatic carbocycles. The van der Waals surface area contributed by atoms with Crippen LogP contribution >= 0.6 is 0 Å². The van der Waals surface area contributed by atoms with E-state index in [2.05, 4.69) is 31.0 Å². The largest absolute Gasteiger partial charge is 0.318 e. The van der Waals surface area contributed by atoms with Gasteiger partial charge < -0.3 is 5.32 Å². The topological polar surface area (TPSA) is 188 Å². The third kappa shape index (κ3) is 2.94. The fraction of sp³-hybridized carbons (Fsp3) is 0.0556. The summed E-state index contributed by atoms with van der Waals surface area (Å²) in [4.78, 5) is 33.9. The Labute approximate surface area is 176 Å². The molecule has 0 spiro atoms. The highest BCUT2D eigenvalue weighted by molar-refractivity contribution is 5.76. The van der Waals surface area contributed by atoms with Crippen molar-refractivity contribution in [2.45, 2.75) is 6.04 Å². The Morgan fingerprint density at radius 2 is 1.75 bits per heavy atom. The molecule has 5 rings (SSSR count). The predicted octanol–water partition coefficient (Wildman–Crippen LogP) is 1.93. The maximum atomic E-state index is 12.6. The Kier molecular flexibility index (Phi) is 4.18. The molecular weight excluding hydrogens is 422 g/mol. The van der Waals surface area contributed by atoms with Gasteiger partial charge in [0.1, 0.15) is 11.7 Å². The molecular formula is C18H11N9O5. The SMILES string of the molecule is O=c1[nH]nc(-c2cccc([N+](=O)[O-])c2)c2c1Nc1nnnn1[C@H]2c1ccc([N+](=O)[O-])cc1. The number of fused-ring (bicyclic) bond motifs is 2. The first-order valence-corrected chi connectivity index (χ1v) is 9.10. The second-order valence-electron chi connectivity index (χ2n) is 6.82. The summed E-state index contributed by atoms with van der Waals surface area (Å²) >= 11 is 0. The molecule has 1 aliphatic rings. The minimum Gasteiger partial charge on any atom is -0.318 e. The summed E-state index contributed by atoms with van der Waals surface area (Å²) < 4.78 is 1.41. The van der Waals surface area contributed by atoms with Gasteiger partial charge in [0.2, 0.25) is 5.95 Å². The van der Waals surface area contributed by atoms with E-state index in [1.165, 1.54) is 47.1 Å². The number of nitrogens with one attached hydrogen (secondary N) is 2. The van der Waals surface area contributed by atoms with E-state index < -0.39 is 21.4 Å². The number of hydrogen-bond donors (Lipinski definition) is 2. The van der Waals surface area contributed by atoms with Gasteiger partial charge in [0.15, 0.2) is 0 Å². The molecule has 0 amide bonds. The molecule has 0 aliphatic carbocycles. The molecule has 0 radical (unpaired) electrons. The molecule has 1 atom stereocenters. The van der Waals surface area contributed by atoms with Crippen molar-refractivity contribution in [3.8, 4) is 11.3 Å². The lowest BCUT2D eigenvalue weighted by molar-refractivity contribution is -0.385. The van der Waals surface area contributed by atoms with Crippen LogP contribution in [0.3, 0.4) is 0 Å². The number of H-pyrrole nitrogens is 1. The Morgan fingerprint density at radius 3 is 2.47 bits per heavy atom. The second kappa shape index (κ2) is 7.05. The second-order valence-corrected chi connectivity index (χ2v) is 6.82. The normalized spacial score (nSPS) is 14.2. The summed E-state index contributed by atoms with van der Waals surface area (Å²) in [5.74, 6) is 0.183. The van der Waals surface area contributed by atoms with Crippen molar-refractivity contribution in [1.29, 1.82) is 0 Å². The van der Waals surface area contributed by atoms with Gasteiger partial charge >= 0.3 is 0 Å². The highest BCUT2D eigenvalue weighted by Crippen LogP contribution is 2.41. The van der Waals surface area contributed by atoms with Crippen molar-refractivity contribution in [2.24, 2.45) is 0 Å². The Hall–Kier alpha value is -5.01. The van der Waals surface area contributed by atoms with Gasteiger partial charge in [-0.1, -0.05) is 17.2 Å². The summed E-state index contributed by atoms with van der Waals surface area (Å²) in [6.07, 6.45) is 0. The molecule has 14 nitrogen and oxygen atoms in total. The van der Waals surface area contributed by atoms with Crippen LogP contribution in [-0.2, 0) is 0 Å². The monoisotopic (exact) mass is 433 g/mol. The number of benzene rings is 2. The molecule has 1 aliphatic heterocycles. The van der Waals surface area contributed by atoms with Gasteiger partial charge in [-0.25, -0.2) is 5.10 Å². The Morgan fingerprint density at radius 1 is 1.00 bits per heavy atom. The number of nitro benzene ring substituents is 2. The average molecular weight is 433 g/mol. The number of aromatic nitrogens is 6. The van der Waals surface area contributed by atoms with Crippen molar-refractivity contribution in [1.82, 2.24) is 30.4 Å². The highest BCUT2D eigenvalue weighted by atomic mass is 16.6. The summed E-state index contributed by atoms with van der Waals surface area (Å²) in [6.45, 7) is 0. The van der Waals surface area contributed by atoms with Crippen LogP contribution in [-0.4, -0.2) is 40.3 Å². The van der Waals surface area contributed by atoms with Crippen LogP contribution in [0, 0.1) is 20.2 Å². The van der Waals surface area contributed by atoms with E-state index in [1.807, 2.05) is 0 Å². The number of aromatic amines is 1. The van der Waals surface area contributed by atoms with Crippen LogP contribution < -0.4 is 10.9 Å². The first-order valence-electron chi connectivity index (χ1n) is 9.10. The number of anilines is 2.